The summed E-state index contributed by atoms with van der Waals surface area (Å²) in [5.41, 5.74) is 4.25. The number of rotatable bonds is 6. The number of aromatic amines is 1. The van der Waals surface area contributed by atoms with Gasteiger partial charge in [-0.25, -0.2) is 4.98 Å². The molecule has 0 fully saturated rings. The molecule has 4 aromatic rings. The van der Waals surface area contributed by atoms with Crippen LogP contribution < -0.4 is 10.6 Å². The smallest absolute Gasteiger partial charge is 0.258 e. The quantitative estimate of drug-likeness (QED) is 0.331. The second-order valence-electron chi connectivity index (χ2n) is 7.63. The number of H-pyrrole nitrogens is 1. The highest BCUT2D eigenvalue weighted by Gasteiger charge is 2.26. The molecule has 0 bridgehead atoms. The average molecular weight is 463 g/mol. The van der Waals surface area contributed by atoms with Crippen molar-refractivity contribution in [2.24, 2.45) is 0 Å². The van der Waals surface area contributed by atoms with Crippen molar-refractivity contribution in [1.29, 1.82) is 0 Å². The van der Waals surface area contributed by atoms with E-state index in [4.69, 9.17) is 0 Å². The molecule has 6 nitrogen and oxygen atoms in total. The minimum absolute atomic E-state index is 0.150. The molecule has 0 radical (unpaired) electrons. The zero-order valence-corrected chi connectivity index (χ0v) is 18.9. The number of para-hydroxylation sites is 3. The summed E-state index contributed by atoms with van der Waals surface area (Å²) in [6.45, 7) is 0. The van der Waals surface area contributed by atoms with Gasteiger partial charge in [0, 0.05) is 10.6 Å². The van der Waals surface area contributed by atoms with Crippen molar-refractivity contribution >= 4 is 56.6 Å². The zero-order valence-electron chi connectivity index (χ0n) is 17.3. The number of benzene rings is 2. The number of fused-ring (bicyclic) bond motifs is 2. The molecule has 0 aliphatic heterocycles. The van der Waals surface area contributed by atoms with Gasteiger partial charge < -0.3 is 15.6 Å². The number of amides is 2. The predicted octanol–water partition coefficient (Wildman–Crippen LogP) is 5.49. The molecule has 32 heavy (non-hydrogen) atoms. The number of thioether (sulfide) groups is 1. The van der Waals surface area contributed by atoms with Crippen LogP contribution in [0.5, 0.6) is 0 Å². The van der Waals surface area contributed by atoms with Crippen LogP contribution in [0.4, 0.5) is 10.7 Å². The fourth-order valence-electron chi connectivity index (χ4n) is 3.90. The lowest BCUT2D eigenvalue weighted by Crippen LogP contribution is -2.19. The Kier molecular flexibility index (Phi) is 5.96. The molecule has 0 atom stereocenters. The first-order valence-electron chi connectivity index (χ1n) is 10.6. The summed E-state index contributed by atoms with van der Waals surface area (Å²) in [7, 11) is 0. The van der Waals surface area contributed by atoms with Gasteiger partial charge in [-0.05, 0) is 55.5 Å². The zero-order chi connectivity index (χ0) is 21.9. The highest BCUT2D eigenvalue weighted by molar-refractivity contribution is 7.99. The van der Waals surface area contributed by atoms with Crippen LogP contribution in [0.15, 0.2) is 59.8 Å². The Balaban J connectivity index is 1.32. The standard InChI is InChI=1S/C24H22N4O2S2/c29-20(14-31-24-26-17-11-5-6-12-18(17)27-24)28-23-21(16-10-4-7-13-19(16)32-23)22(30)25-15-8-2-1-3-9-15/h1-3,5-6,8-9,11-12H,4,7,10,13-14H2,(H,25,30)(H,26,27)(H,28,29). The van der Waals surface area contributed by atoms with Crippen molar-refractivity contribution in [1.82, 2.24) is 9.97 Å². The lowest BCUT2D eigenvalue weighted by Gasteiger charge is -2.13. The van der Waals surface area contributed by atoms with Crippen LogP contribution in [0.1, 0.15) is 33.6 Å². The highest BCUT2D eigenvalue weighted by Crippen LogP contribution is 2.38. The van der Waals surface area contributed by atoms with E-state index in [0.29, 0.717) is 15.7 Å². The molecule has 2 aromatic heterocycles. The van der Waals surface area contributed by atoms with Crippen molar-refractivity contribution in [3.05, 3.63) is 70.6 Å². The fraction of sp³-hybridized carbons (Fsp3) is 0.208. The molecule has 162 valence electrons. The second-order valence-corrected chi connectivity index (χ2v) is 9.70. The number of aromatic nitrogens is 2. The molecule has 2 aromatic carbocycles. The van der Waals surface area contributed by atoms with Gasteiger partial charge in [-0.3, -0.25) is 9.59 Å². The van der Waals surface area contributed by atoms with Gasteiger partial charge in [0.2, 0.25) is 5.91 Å². The Labute approximate surface area is 193 Å². The van der Waals surface area contributed by atoms with Crippen molar-refractivity contribution < 1.29 is 9.59 Å². The number of imidazole rings is 1. The Morgan fingerprint density at radius 2 is 1.78 bits per heavy atom. The topological polar surface area (TPSA) is 86.9 Å². The van der Waals surface area contributed by atoms with Gasteiger partial charge in [0.15, 0.2) is 5.16 Å². The van der Waals surface area contributed by atoms with Crippen LogP contribution in [-0.2, 0) is 17.6 Å². The van der Waals surface area contributed by atoms with Crippen LogP contribution in [0.3, 0.4) is 0 Å². The first-order valence-corrected chi connectivity index (χ1v) is 12.4. The minimum Gasteiger partial charge on any atom is -0.333 e. The molecule has 0 spiro atoms. The van der Waals surface area contributed by atoms with Crippen LogP contribution in [0.25, 0.3) is 11.0 Å². The number of hydrogen-bond donors (Lipinski definition) is 3. The number of nitrogens with one attached hydrogen (secondary N) is 3. The second kappa shape index (κ2) is 9.18. The van der Waals surface area contributed by atoms with E-state index in [-0.39, 0.29) is 17.6 Å². The predicted molar refractivity (Wildman–Crippen MR) is 131 cm³/mol. The molecule has 0 saturated heterocycles. The number of carbonyl (C=O) groups excluding carboxylic acids is 2. The van der Waals surface area contributed by atoms with Gasteiger partial charge in [-0.2, -0.15) is 0 Å². The van der Waals surface area contributed by atoms with Crippen LogP contribution in [-0.4, -0.2) is 27.5 Å². The Morgan fingerprint density at radius 1 is 1.00 bits per heavy atom. The number of hydrogen-bond acceptors (Lipinski definition) is 5. The molecule has 1 aliphatic rings. The van der Waals surface area contributed by atoms with E-state index in [0.717, 1.165) is 48.0 Å². The fourth-order valence-corrected chi connectivity index (χ4v) is 5.89. The summed E-state index contributed by atoms with van der Waals surface area (Å²) in [5, 5.41) is 7.31. The van der Waals surface area contributed by atoms with Gasteiger partial charge in [0.25, 0.3) is 5.91 Å². The van der Waals surface area contributed by atoms with E-state index in [1.807, 2.05) is 54.6 Å². The summed E-state index contributed by atoms with van der Waals surface area (Å²) in [4.78, 5) is 34.8. The number of nitrogens with zero attached hydrogens (tertiary/aromatic N) is 1. The van der Waals surface area contributed by atoms with E-state index in [9.17, 15) is 9.59 Å². The monoisotopic (exact) mass is 462 g/mol. The Morgan fingerprint density at radius 3 is 2.62 bits per heavy atom. The summed E-state index contributed by atoms with van der Waals surface area (Å²) in [6, 6.07) is 17.2. The molecule has 0 saturated carbocycles. The third-order valence-electron chi connectivity index (χ3n) is 5.39. The van der Waals surface area contributed by atoms with Crippen LogP contribution in [0.2, 0.25) is 0 Å². The SMILES string of the molecule is O=C(CSc1nc2ccccc2[nH]1)Nc1sc2c(c1C(=O)Nc1ccccc1)CCCC2. The molecular formula is C24H22N4O2S2. The highest BCUT2D eigenvalue weighted by atomic mass is 32.2. The minimum atomic E-state index is -0.171. The van der Waals surface area contributed by atoms with Gasteiger partial charge in [-0.15, -0.1) is 11.3 Å². The summed E-state index contributed by atoms with van der Waals surface area (Å²) in [6.07, 6.45) is 4.00. The third kappa shape index (κ3) is 4.42. The third-order valence-corrected chi connectivity index (χ3v) is 7.47. The van der Waals surface area contributed by atoms with Crippen molar-refractivity contribution in [2.45, 2.75) is 30.8 Å². The van der Waals surface area contributed by atoms with Gasteiger partial charge >= 0.3 is 0 Å². The average Bonchev–Trinajstić information content (AvgIpc) is 3.39. The summed E-state index contributed by atoms with van der Waals surface area (Å²) < 4.78 is 0. The number of anilines is 2. The van der Waals surface area contributed by atoms with Crippen LogP contribution in [0, 0.1) is 0 Å². The molecule has 1 aliphatic carbocycles. The van der Waals surface area contributed by atoms with Gasteiger partial charge in [0.05, 0.1) is 22.3 Å². The van der Waals surface area contributed by atoms with E-state index in [1.54, 1.807) is 0 Å². The molecule has 0 unspecified atom stereocenters. The van der Waals surface area contributed by atoms with Gasteiger partial charge in [0.1, 0.15) is 5.00 Å². The number of thiophene rings is 1. The van der Waals surface area contributed by atoms with E-state index in [2.05, 4.69) is 20.6 Å². The first kappa shape index (κ1) is 20.8. The summed E-state index contributed by atoms with van der Waals surface area (Å²) in [5.74, 6) is -0.110. The van der Waals surface area contributed by atoms with Crippen molar-refractivity contribution in [3.8, 4) is 0 Å². The van der Waals surface area contributed by atoms with Gasteiger partial charge in [-0.1, -0.05) is 42.1 Å². The lowest BCUT2D eigenvalue weighted by atomic mass is 9.95. The normalized spacial score (nSPS) is 13.0. The molecule has 8 heteroatoms. The Bertz CT molecular complexity index is 1250. The molecule has 2 amide bonds. The molecule has 5 rings (SSSR count). The van der Waals surface area contributed by atoms with E-state index < -0.39 is 0 Å². The van der Waals surface area contributed by atoms with Crippen molar-refractivity contribution in [2.75, 3.05) is 16.4 Å². The first-order chi connectivity index (χ1) is 15.7. The molecule has 2 heterocycles. The maximum absolute atomic E-state index is 13.2. The molecular weight excluding hydrogens is 440 g/mol. The molecule has 3 N–H and O–H groups in total. The van der Waals surface area contributed by atoms with Crippen molar-refractivity contribution in [3.63, 3.8) is 0 Å². The van der Waals surface area contributed by atoms with Crippen LogP contribution >= 0.6 is 23.1 Å². The number of carbonyl (C=O) groups is 2. The summed E-state index contributed by atoms with van der Waals surface area (Å²) >= 11 is 2.88. The Hall–Kier alpha value is -3.10. The van der Waals surface area contributed by atoms with E-state index >= 15 is 0 Å². The number of aryl methyl sites for hydroxylation is 1. The maximum atomic E-state index is 13.2. The lowest BCUT2D eigenvalue weighted by molar-refractivity contribution is -0.113. The largest absolute Gasteiger partial charge is 0.333 e. The maximum Gasteiger partial charge on any atom is 0.258 e. The van der Waals surface area contributed by atoms with E-state index in [1.165, 1.54) is 28.0 Å².